The standard InChI is InChI=1S/C13H9Cl3OS/c1-18(17)13-6-8(2-4-12(13)16)10-7-9(14)3-5-11(10)15/h2-7H,1H3. The molecule has 0 aromatic heterocycles. The molecule has 1 nitrogen and oxygen atoms in total. The highest BCUT2D eigenvalue weighted by Gasteiger charge is 2.09. The molecule has 0 heterocycles. The Bertz CT molecular complexity index is 626. The summed E-state index contributed by atoms with van der Waals surface area (Å²) in [7, 11) is -1.14. The predicted octanol–water partition coefficient (Wildman–Crippen LogP) is 5.05. The Hall–Kier alpha value is -0.540. The van der Waals surface area contributed by atoms with Crippen LogP contribution in [0.25, 0.3) is 11.1 Å². The van der Waals surface area contributed by atoms with Gasteiger partial charge < -0.3 is 0 Å². The molecule has 2 aromatic rings. The molecule has 5 heteroatoms. The van der Waals surface area contributed by atoms with Gasteiger partial charge in [-0.05, 0) is 35.9 Å². The van der Waals surface area contributed by atoms with Gasteiger partial charge in [0.05, 0.1) is 20.7 Å². The maximum Gasteiger partial charge on any atom is 0.0577 e. The molecular formula is C13H9Cl3OS. The summed E-state index contributed by atoms with van der Waals surface area (Å²) < 4.78 is 11.6. The first-order valence-electron chi connectivity index (χ1n) is 5.07. The lowest BCUT2D eigenvalue weighted by molar-refractivity contribution is 0.687. The van der Waals surface area contributed by atoms with Gasteiger partial charge in [0.1, 0.15) is 0 Å². The molecule has 0 aliphatic rings. The van der Waals surface area contributed by atoms with Crippen LogP contribution in [0.2, 0.25) is 15.1 Å². The SMILES string of the molecule is CS(=O)c1cc(-c2cc(Cl)ccc2Cl)ccc1Cl. The van der Waals surface area contributed by atoms with Crippen molar-refractivity contribution in [3.8, 4) is 11.1 Å². The summed E-state index contributed by atoms with van der Waals surface area (Å²) in [5.41, 5.74) is 1.64. The van der Waals surface area contributed by atoms with Crippen molar-refractivity contribution in [3.63, 3.8) is 0 Å². The van der Waals surface area contributed by atoms with Crippen LogP contribution < -0.4 is 0 Å². The van der Waals surface area contributed by atoms with Crippen LogP contribution in [0.1, 0.15) is 0 Å². The molecule has 0 saturated carbocycles. The first kappa shape index (κ1) is 13.9. The Labute approximate surface area is 123 Å². The van der Waals surface area contributed by atoms with Crippen molar-refractivity contribution < 1.29 is 4.21 Å². The van der Waals surface area contributed by atoms with E-state index in [1.54, 1.807) is 36.6 Å². The highest BCUT2D eigenvalue weighted by molar-refractivity contribution is 7.84. The molecule has 0 N–H and O–H groups in total. The predicted molar refractivity (Wildman–Crippen MR) is 79.2 cm³/mol. The minimum absolute atomic E-state index is 0.484. The zero-order valence-electron chi connectivity index (χ0n) is 9.41. The van der Waals surface area contributed by atoms with Crippen molar-refractivity contribution in [2.24, 2.45) is 0 Å². The summed E-state index contributed by atoms with van der Waals surface area (Å²) in [6.07, 6.45) is 1.59. The number of benzene rings is 2. The third kappa shape index (κ3) is 2.89. The van der Waals surface area contributed by atoms with Crippen LogP contribution in [-0.4, -0.2) is 10.5 Å². The Morgan fingerprint density at radius 1 is 0.944 bits per heavy atom. The highest BCUT2D eigenvalue weighted by Crippen LogP contribution is 2.33. The number of halogens is 3. The van der Waals surface area contributed by atoms with E-state index in [1.807, 2.05) is 6.07 Å². The number of rotatable bonds is 2. The van der Waals surface area contributed by atoms with Gasteiger partial charge in [0.2, 0.25) is 0 Å². The minimum atomic E-state index is -1.14. The molecule has 0 spiro atoms. The lowest BCUT2D eigenvalue weighted by atomic mass is 10.1. The Morgan fingerprint density at radius 2 is 1.61 bits per heavy atom. The molecule has 2 aromatic carbocycles. The van der Waals surface area contributed by atoms with Gasteiger partial charge in [-0.15, -0.1) is 0 Å². The van der Waals surface area contributed by atoms with E-state index in [0.29, 0.717) is 20.0 Å². The number of hydrogen-bond acceptors (Lipinski definition) is 1. The van der Waals surface area contributed by atoms with E-state index in [2.05, 4.69) is 0 Å². The van der Waals surface area contributed by atoms with Crippen LogP contribution in [0, 0.1) is 0 Å². The van der Waals surface area contributed by atoms with Gasteiger partial charge in [0.15, 0.2) is 0 Å². The summed E-state index contributed by atoms with van der Waals surface area (Å²) in [6.45, 7) is 0. The quantitative estimate of drug-likeness (QED) is 0.757. The molecule has 0 aliphatic heterocycles. The molecule has 0 aliphatic carbocycles. The third-order valence-corrected chi connectivity index (χ3v) is 4.44. The average Bonchev–Trinajstić information content (AvgIpc) is 2.33. The Kier molecular flexibility index (Phi) is 4.33. The second-order valence-electron chi connectivity index (χ2n) is 3.72. The molecular weight excluding hydrogens is 311 g/mol. The maximum atomic E-state index is 11.6. The second-order valence-corrected chi connectivity index (χ2v) is 6.32. The third-order valence-electron chi connectivity index (χ3n) is 2.48. The van der Waals surface area contributed by atoms with Crippen molar-refractivity contribution in [2.45, 2.75) is 4.90 Å². The molecule has 1 unspecified atom stereocenters. The smallest absolute Gasteiger partial charge is 0.0577 e. The van der Waals surface area contributed by atoms with E-state index in [4.69, 9.17) is 34.8 Å². The average molecular weight is 320 g/mol. The fourth-order valence-corrected chi connectivity index (χ4v) is 3.09. The van der Waals surface area contributed by atoms with Crippen molar-refractivity contribution in [2.75, 3.05) is 6.26 Å². The fraction of sp³-hybridized carbons (Fsp3) is 0.0769. The van der Waals surface area contributed by atoms with Crippen LogP contribution in [-0.2, 0) is 10.8 Å². The molecule has 1 atom stereocenters. The maximum absolute atomic E-state index is 11.6. The summed E-state index contributed by atoms with van der Waals surface area (Å²) in [5, 5.41) is 1.68. The van der Waals surface area contributed by atoms with Crippen LogP contribution in [0.5, 0.6) is 0 Å². The zero-order chi connectivity index (χ0) is 13.3. The molecule has 0 amide bonds. The largest absolute Gasteiger partial charge is 0.255 e. The van der Waals surface area contributed by atoms with Gasteiger partial charge in [-0.2, -0.15) is 0 Å². The van der Waals surface area contributed by atoms with Crippen LogP contribution in [0.15, 0.2) is 41.3 Å². The van der Waals surface area contributed by atoms with Crippen molar-refractivity contribution in [1.29, 1.82) is 0 Å². The van der Waals surface area contributed by atoms with Crippen molar-refractivity contribution in [3.05, 3.63) is 51.5 Å². The Morgan fingerprint density at radius 3 is 2.28 bits per heavy atom. The topological polar surface area (TPSA) is 17.1 Å². The summed E-state index contributed by atoms with van der Waals surface area (Å²) in [4.78, 5) is 0.588. The molecule has 0 saturated heterocycles. The van der Waals surface area contributed by atoms with Gasteiger partial charge in [-0.25, -0.2) is 0 Å². The fourth-order valence-electron chi connectivity index (χ4n) is 1.61. The highest BCUT2D eigenvalue weighted by atomic mass is 35.5. The van der Waals surface area contributed by atoms with Gasteiger partial charge in [-0.1, -0.05) is 40.9 Å². The van der Waals surface area contributed by atoms with Crippen LogP contribution >= 0.6 is 34.8 Å². The van der Waals surface area contributed by atoms with E-state index in [-0.39, 0.29) is 0 Å². The normalized spacial score (nSPS) is 12.4. The van der Waals surface area contributed by atoms with Crippen LogP contribution in [0.4, 0.5) is 0 Å². The summed E-state index contributed by atoms with van der Waals surface area (Å²) >= 11 is 18.1. The molecule has 0 radical (unpaired) electrons. The van der Waals surface area contributed by atoms with E-state index in [0.717, 1.165) is 11.1 Å². The zero-order valence-corrected chi connectivity index (χ0v) is 12.5. The van der Waals surface area contributed by atoms with E-state index >= 15 is 0 Å². The Balaban J connectivity index is 2.61. The molecule has 0 fully saturated rings. The van der Waals surface area contributed by atoms with E-state index in [9.17, 15) is 4.21 Å². The summed E-state index contributed by atoms with van der Waals surface area (Å²) in [6, 6.07) is 10.5. The van der Waals surface area contributed by atoms with Gasteiger partial charge in [0, 0.05) is 21.9 Å². The first-order valence-corrected chi connectivity index (χ1v) is 7.76. The first-order chi connectivity index (χ1) is 8.49. The van der Waals surface area contributed by atoms with Gasteiger partial charge in [0.25, 0.3) is 0 Å². The monoisotopic (exact) mass is 318 g/mol. The van der Waals surface area contributed by atoms with Gasteiger partial charge >= 0.3 is 0 Å². The molecule has 94 valence electrons. The molecule has 0 bridgehead atoms. The van der Waals surface area contributed by atoms with Crippen molar-refractivity contribution >= 4 is 45.6 Å². The van der Waals surface area contributed by atoms with Crippen molar-refractivity contribution in [1.82, 2.24) is 0 Å². The van der Waals surface area contributed by atoms with E-state index in [1.165, 1.54) is 0 Å². The molecule has 2 rings (SSSR count). The second kappa shape index (κ2) is 5.62. The number of hydrogen-bond donors (Lipinski definition) is 0. The minimum Gasteiger partial charge on any atom is -0.255 e. The van der Waals surface area contributed by atoms with Gasteiger partial charge in [-0.3, -0.25) is 4.21 Å². The van der Waals surface area contributed by atoms with E-state index < -0.39 is 10.8 Å². The lowest BCUT2D eigenvalue weighted by Gasteiger charge is -2.08. The summed E-state index contributed by atoms with van der Waals surface area (Å²) in [5.74, 6) is 0. The molecule has 18 heavy (non-hydrogen) atoms. The van der Waals surface area contributed by atoms with Crippen LogP contribution in [0.3, 0.4) is 0 Å². The lowest BCUT2D eigenvalue weighted by Crippen LogP contribution is -1.90.